The summed E-state index contributed by atoms with van der Waals surface area (Å²) in [5.41, 5.74) is 0.695. The van der Waals surface area contributed by atoms with Gasteiger partial charge in [-0.2, -0.15) is 12.7 Å². The van der Waals surface area contributed by atoms with Crippen molar-refractivity contribution in [3.63, 3.8) is 0 Å². The quantitative estimate of drug-likeness (QED) is 0.808. The summed E-state index contributed by atoms with van der Waals surface area (Å²) in [5, 5.41) is 0. The van der Waals surface area contributed by atoms with Gasteiger partial charge in [-0.05, 0) is 19.1 Å². The lowest BCUT2D eigenvalue weighted by molar-refractivity contribution is 0.512. The first-order valence-electron chi connectivity index (χ1n) is 5.21. The van der Waals surface area contributed by atoms with E-state index in [1.807, 2.05) is 0 Å². The molecular formula is C10H15FN2O4S2. The topological polar surface area (TPSA) is 74.8 Å². The van der Waals surface area contributed by atoms with E-state index in [-0.39, 0.29) is 9.40 Å². The predicted molar refractivity (Wildman–Crippen MR) is 71.2 cm³/mol. The number of aryl methyl sites for hydroxylation is 1. The summed E-state index contributed by atoms with van der Waals surface area (Å²) in [4.78, 5) is 0. The molecule has 0 aromatic heterocycles. The summed E-state index contributed by atoms with van der Waals surface area (Å²) in [5.74, 6) is 0. The smallest absolute Gasteiger partial charge is 0.232 e. The molecule has 0 radical (unpaired) electrons. The number of anilines is 1. The normalized spacial score (nSPS) is 12.7. The third-order valence-corrected chi connectivity index (χ3v) is 6.10. The van der Waals surface area contributed by atoms with E-state index in [0.717, 1.165) is 5.56 Å². The van der Waals surface area contributed by atoms with Gasteiger partial charge in [-0.25, -0.2) is 12.8 Å². The van der Waals surface area contributed by atoms with E-state index in [0.29, 0.717) is 4.31 Å². The maximum atomic E-state index is 12.7. The molecule has 0 aliphatic heterocycles. The molecule has 108 valence electrons. The molecule has 0 unspecified atom stereocenters. The van der Waals surface area contributed by atoms with Crippen LogP contribution in [0, 0.1) is 6.92 Å². The van der Waals surface area contributed by atoms with E-state index >= 15 is 0 Å². The van der Waals surface area contributed by atoms with Crippen molar-refractivity contribution in [2.75, 3.05) is 23.8 Å². The molecule has 19 heavy (non-hydrogen) atoms. The van der Waals surface area contributed by atoms with Gasteiger partial charge in [0.25, 0.3) is 10.0 Å². The fraction of sp³-hybridized carbons (Fsp3) is 0.400. The van der Waals surface area contributed by atoms with E-state index in [1.54, 1.807) is 19.1 Å². The molecule has 6 nitrogen and oxygen atoms in total. The van der Waals surface area contributed by atoms with Gasteiger partial charge in [0.15, 0.2) is 0 Å². The van der Waals surface area contributed by atoms with Crippen LogP contribution in [0.1, 0.15) is 5.56 Å². The van der Waals surface area contributed by atoms with Gasteiger partial charge in [-0.3, -0.25) is 0 Å². The Bertz CT molecular complexity index is 639. The summed E-state index contributed by atoms with van der Waals surface area (Å²) in [6.45, 7) is 1.76. The van der Waals surface area contributed by atoms with Gasteiger partial charge in [-0.15, -0.1) is 3.71 Å². The average molecular weight is 310 g/mol. The van der Waals surface area contributed by atoms with Crippen molar-refractivity contribution < 1.29 is 21.2 Å². The number of hydrogen-bond donors (Lipinski definition) is 0. The highest BCUT2D eigenvalue weighted by Gasteiger charge is 2.35. The zero-order valence-corrected chi connectivity index (χ0v) is 12.4. The van der Waals surface area contributed by atoms with E-state index in [2.05, 4.69) is 0 Å². The molecule has 9 heteroatoms. The first-order chi connectivity index (χ1) is 8.63. The van der Waals surface area contributed by atoms with E-state index in [9.17, 15) is 21.2 Å². The predicted octanol–water partition coefficient (Wildman–Crippen LogP) is 0.865. The van der Waals surface area contributed by atoms with Crippen LogP contribution in [0.15, 0.2) is 24.3 Å². The van der Waals surface area contributed by atoms with Crippen molar-refractivity contribution >= 4 is 25.9 Å². The van der Waals surface area contributed by atoms with Crippen molar-refractivity contribution in [1.29, 1.82) is 0 Å². The summed E-state index contributed by atoms with van der Waals surface area (Å²) < 4.78 is 60.9. The molecular weight excluding hydrogens is 295 g/mol. The zero-order valence-electron chi connectivity index (χ0n) is 10.7. The standard InChI is InChI=1S/C10H15FN2O4S2/c1-9-4-6-10(7-5-9)13(18(14,15)8-11)19(16,17)12(2)3/h4-7H,8H2,1-3H3. The van der Waals surface area contributed by atoms with Gasteiger partial charge in [0.2, 0.25) is 6.01 Å². The fourth-order valence-electron chi connectivity index (χ4n) is 1.30. The van der Waals surface area contributed by atoms with E-state index in [1.165, 1.54) is 26.2 Å². The summed E-state index contributed by atoms with van der Waals surface area (Å²) in [6.07, 6.45) is 0. The minimum atomic E-state index is -4.59. The minimum Gasteiger partial charge on any atom is -0.232 e. The molecule has 0 bridgehead atoms. The zero-order chi connectivity index (χ0) is 14.8. The second-order valence-corrected chi connectivity index (χ2v) is 8.01. The Hall–Kier alpha value is -1.19. The number of nitrogens with zero attached hydrogens (tertiary/aromatic N) is 2. The molecule has 0 heterocycles. The van der Waals surface area contributed by atoms with Crippen LogP contribution in [0.25, 0.3) is 0 Å². The van der Waals surface area contributed by atoms with Crippen LogP contribution < -0.4 is 3.71 Å². The van der Waals surface area contributed by atoms with Crippen molar-refractivity contribution in [2.45, 2.75) is 6.92 Å². The molecule has 0 aliphatic carbocycles. The fourth-order valence-corrected chi connectivity index (χ4v) is 4.18. The van der Waals surface area contributed by atoms with Crippen molar-refractivity contribution in [3.05, 3.63) is 29.8 Å². The molecule has 0 fully saturated rings. The Morgan fingerprint density at radius 2 is 1.53 bits per heavy atom. The molecule has 0 aliphatic rings. The van der Waals surface area contributed by atoms with Crippen LogP contribution in [0.4, 0.5) is 10.1 Å². The third kappa shape index (κ3) is 3.23. The van der Waals surface area contributed by atoms with Crippen molar-refractivity contribution in [1.82, 2.24) is 4.31 Å². The number of halogens is 1. The Morgan fingerprint density at radius 3 is 1.89 bits per heavy atom. The lowest BCUT2D eigenvalue weighted by atomic mass is 10.2. The van der Waals surface area contributed by atoms with Gasteiger partial charge < -0.3 is 0 Å². The Morgan fingerprint density at radius 1 is 1.05 bits per heavy atom. The molecule has 0 saturated heterocycles. The molecule has 0 saturated carbocycles. The number of benzene rings is 1. The highest BCUT2D eigenvalue weighted by Crippen LogP contribution is 2.24. The SMILES string of the molecule is Cc1ccc(N(S(=O)(=O)CF)S(=O)(=O)N(C)C)cc1. The molecule has 1 aromatic carbocycles. The number of rotatable bonds is 5. The van der Waals surface area contributed by atoms with Crippen LogP contribution in [0.3, 0.4) is 0 Å². The second kappa shape index (κ2) is 5.43. The molecule has 0 atom stereocenters. The van der Waals surface area contributed by atoms with Gasteiger partial charge >= 0.3 is 10.2 Å². The summed E-state index contributed by atoms with van der Waals surface area (Å²) in [7, 11) is -6.59. The summed E-state index contributed by atoms with van der Waals surface area (Å²) in [6, 6.07) is 3.91. The first-order valence-corrected chi connectivity index (χ1v) is 8.22. The number of hydrogen-bond acceptors (Lipinski definition) is 4. The van der Waals surface area contributed by atoms with Crippen LogP contribution in [-0.4, -0.2) is 41.2 Å². The Balaban J connectivity index is 3.51. The Kier molecular flexibility index (Phi) is 4.54. The van der Waals surface area contributed by atoms with Gasteiger partial charge in [0.1, 0.15) is 0 Å². The van der Waals surface area contributed by atoms with Gasteiger partial charge in [-0.1, -0.05) is 17.7 Å². The van der Waals surface area contributed by atoms with Crippen LogP contribution in [-0.2, 0) is 20.2 Å². The van der Waals surface area contributed by atoms with Crippen LogP contribution in [0.2, 0.25) is 0 Å². The van der Waals surface area contributed by atoms with Gasteiger partial charge in [0.05, 0.1) is 5.69 Å². The molecule has 0 N–H and O–H groups in total. The molecule has 0 spiro atoms. The Labute approximate surface area is 112 Å². The molecule has 1 aromatic rings. The summed E-state index contributed by atoms with van der Waals surface area (Å²) >= 11 is 0. The largest absolute Gasteiger partial charge is 0.316 e. The first kappa shape index (κ1) is 15.9. The lowest BCUT2D eigenvalue weighted by Crippen LogP contribution is -2.44. The molecule has 1 rings (SSSR count). The van der Waals surface area contributed by atoms with Gasteiger partial charge in [0, 0.05) is 14.1 Å². The monoisotopic (exact) mass is 310 g/mol. The lowest BCUT2D eigenvalue weighted by Gasteiger charge is -2.25. The van der Waals surface area contributed by atoms with Crippen LogP contribution >= 0.6 is 0 Å². The maximum Gasteiger partial charge on any atom is 0.316 e. The molecule has 0 amide bonds. The van der Waals surface area contributed by atoms with Crippen molar-refractivity contribution in [2.24, 2.45) is 0 Å². The highest BCUT2D eigenvalue weighted by atomic mass is 32.3. The van der Waals surface area contributed by atoms with E-state index < -0.39 is 26.2 Å². The average Bonchev–Trinajstić information content (AvgIpc) is 2.31. The van der Waals surface area contributed by atoms with E-state index in [4.69, 9.17) is 0 Å². The second-order valence-electron chi connectivity index (χ2n) is 4.04. The van der Waals surface area contributed by atoms with Crippen molar-refractivity contribution in [3.8, 4) is 0 Å². The van der Waals surface area contributed by atoms with Crippen LogP contribution in [0.5, 0.6) is 0 Å². The minimum absolute atomic E-state index is 0.0967. The number of alkyl halides is 1. The third-order valence-electron chi connectivity index (χ3n) is 2.31. The highest BCUT2D eigenvalue weighted by molar-refractivity contribution is 8.09. The maximum absolute atomic E-state index is 12.7. The number of sulfonamides is 1.